The topological polar surface area (TPSA) is 16.1 Å². The van der Waals surface area contributed by atoms with Gasteiger partial charge in [0.05, 0.1) is 5.69 Å². The Bertz CT molecular complexity index is 301. The van der Waals surface area contributed by atoms with Crippen molar-refractivity contribution in [2.45, 2.75) is 12.8 Å². The molecule has 1 aliphatic heterocycles. The fourth-order valence-electron chi connectivity index (χ4n) is 1.68. The van der Waals surface area contributed by atoms with Crippen molar-refractivity contribution in [1.29, 1.82) is 0 Å². The molecule has 0 aromatic carbocycles. The van der Waals surface area contributed by atoms with Crippen molar-refractivity contribution in [3.63, 3.8) is 0 Å². The van der Waals surface area contributed by atoms with Crippen LogP contribution < -0.4 is 4.90 Å². The number of hydrogen-bond donors (Lipinski definition) is 0. The Morgan fingerprint density at radius 2 is 2.08 bits per heavy atom. The van der Waals surface area contributed by atoms with Gasteiger partial charge in [-0.25, -0.2) is 4.98 Å². The van der Waals surface area contributed by atoms with E-state index in [-0.39, 0.29) is 0 Å². The van der Waals surface area contributed by atoms with E-state index in [0.29, 0.717) is 0 Å². The highest BCUT2D eigenvalue weighted by Crippen LogP contribution is 2.17. The molecule has 1 aliphatic rings. The Labute approximate surface area is 78.9 Å². The third-order valence-corrected chi connectivity index (χ3v) is 2.40. The highest BCUT2D eigenvalue weighted by atomic mass is 15.2. The summed E-state index contributed by atoms with van der Waals surface area (Å²) < 4.78 is 0. The van der Waals surface area contributed by atoms with Crippen LogP contribution in [-0.4, -0.2) is 18.1 Å². The fourth-order valence-corrected chi connectivity index (χ4v) is 1.68. The molecule has 0 unspecified atom stereocenters. The molecule has 0 radical (unpaired) electrons. The van der Waals surface area contributed by atoms with E-state index >= 15 is 0 Å². The molecule has 0 N–H and O–H groups in total. The van der Waals surface area contributed by atoms with Gasteiger partial charge in [-0.05, 0) is 31.1 Å². The zero-order chi connectivity index (χ0) is 9.10. The molecule has 1 aromatic heterocycles. The second-order valence-corrected chi connectivity index (χ2v) is 3.32. The quantitative estimate of drug-likeness (QED) is 0.684. The summed E-state index contributed by atoms with van der Waals surface area (Å²) in [4.78, 5) is 6.81. The summed E-state index contributed by atoms with van der Waals surface area (Å²) in [5, 5.41) is 0. The number of aromatic nitrogens is 1. The molecule has 1 fully saturated rings. The van der Waals surface area contributed by atoms with Crippen LogP contribution in [0.4, 0.5) is 5.82 Å². The van der Waals surface area contributed by atoms with Gasteiger partial charge in [0.15, 0.2) is 0 Å². The van der Waals surface area contributed by atoms with Crippen LogP contribution in [0.5, 0.6) is 0 Å². The molecule has 2 heteroatoms. The number of rotatable bonds is 2. The first kappa shape index (κ1) is 8.30. The lowest BCUT2D eigenvalue weighted by atomic mass is 10.3. The van der Waals surface area contributed by atoms with Crippen LogP contribution in [0.2, 0.25) is 0 Å². The van der Waals surface area contributed by atoms with Crippen LogP contribution in [0.3, 0.4) is 0 Å². The molecule has 2 heterocycles. The summed E-state index contributed by atoms with van der Waals surface area (Å²) in [7, 11) is 0. The van der Waals surface area contributed by atoms with Crippen molar-refractivity contribution in [3.8, 4) is 0 Å². The van der Waals surface area contributed by atoms with Crippen molar-refractivity contribution < 1.29 is 0 Å². The zero-order valence-corrected chi connectivity index (χ0v) is 7.74. The number of hydrogen-bond acceptors (Lipinski definition) is 2. The van der Waals surface area contributed by atoms with Gasteiger partial charge >= 0.3 is 0 Å². The first-order valence-electron chi connectivity index (χ1n) is 4.74. The minimum absolute atomic E-state index is 0.962. The number of pyridine rings is 1. The minimum Gasteiger partial charge on any atom is -0.357 e. The average molecular weight is 174 g/mol. The van der Waals surface area contributed by atoms with Gasteiger partial charge in [-0.15, -0.1) is 0 Å². The fraction of sp³-hybridized carbons (Fsp3) is 0.364. The van der Waals surface area contributed by atoms with E-state index in [9.17, 15) is 0 Å². The van der Waals surface area contributed by atoms with E-state index in [0.717, 1.165) is 24.6 Å². The number of nitrogens with zero attached hydrogens (tertiary/aromatic N) is 2. The molecule has 2 rings (SSSR count). The molecule has 2 nitrogen and oxygen atoms in total. The van der Waals surface area contributed by atoms with Gasteiger partial charge in [-0.3, -0.25) is 0 Å². The molecule has 1 aromatic rings. The molecule has 0 spiro atoms. The molecule has 1 saturated heterocycles. The molecule has 0 aliphatic carbocycles. The summed E-state index contributed by atoms with van der Waals surface area (Å²) in [6.07, 6.45) is 4.37. The first-order valence-corrected chi connectivity index (χ1v) is 4.74. The van der Waals surface area contributed by atoms with E-state index in [1.807, 2.05) is 12.1 Å². The maximum absolute atomic E-state index is 4.48. The van der Waals surface area contributed by atoms with Crippen molar-refractivity contribution in [1.82, 2.24) is 4.98 Å². The highest BCUT2D eigenvalue weighted by molar-refractivity contribution is 5.48. The summed E-state index contributed by atoms with van der Waals surface area (Å²) in [6.45, 7) is 6.01. The van der Waals surface area contributed by atoms with E-state index in [4.69, 9.17) is 0 Å². The van der Waals surface area contributed by atoms with Crippen molar-refractivity contribution >= 4 is 11.9 Å². The van der Waals surface area contributed by atoms with Crippen LogP contribution in [0.25, 0.3) is 6.08 Å². The Morgan fingerprint density at radius 3 is 2.77 bits per heavy atom. The lowest BCUT2D eigenvalue weighted by Gasteiger charge is -2.16. The van der Waals surface area contributed by atoms with Gasteiger partial charge in [-0.2, -0.15) is 0 Å². The summed E-state index contributed by atoms with van der Waals surface area (Å²) in [6, 6.07) is 6.09. The predicted octanol–water partition coefficient (Wildman–Crippen LogP) is 2.32. The SMILES string of the molecule is C=Cc1cccc(N2CCCC2)n1. The summed E-state index contributed by atoms with van der Waals surface area (Å²) in [5.41, 5.74) is 0.962. The van der Waals surface area contributed by atoms with E-state index in [2.05, 4.69) is 22.5 Å². The van der Waals surface area contributed by atoms with Crippen LogP contribution in [0, 0.1) is 0 Å². The van der Waals surface area contributed by atoms with Gasteiger partial charge in [0.25, 0.3) is 0 Å². The lowest BCUT2D eigenvalue weighted by molar-refractivity contribution is 0.936. The Balaban J connectivity index is 2.23. The summed E-state index contributed by atoms with van der Waals surface area (Å²) in [5.74, 6) is 1.09. The van der Waals surface area contributed by atoms with Crippen LogP contribution in [-0.2, 0) is 0 Å². The zero-order valence-electron chi connectivity index (χ0n) is 7.74. The standard InChI is InChI=1S/C11H14N2/c1-2-10-6-5-7-11(12-10)13-8-3-4-9-13/h2,5-7H,1,3-4,8-9H2. The molecule has 0 bridgehead atoms. The second-order valence-electron chi connectivity index (χ2n) is 3.32. The van der Waals surface area contributed by atoms with E-state index in [1.54, 1.807) is 6.08 Å². The molecular formula is C11H14N2. The van der Waals surface area contributed by atoms with Gasteiger partial charge in [0.1, 0.15) is 5.82 Å². The number of anilines is 1. The van der Waals surface area contributed by atoms with Gasteiger partial charge < -0.3 is 4.90 Å². The van der Waals surface area contributed by atoms with Crippen molar-refractivity contribution in [2.75, 3.05) is 18.0 Å². The third-order valence-electron chi connectivity index (χ3n) is 2.40. The molecule has 13 heavy (non-hydrogen) atoms. The Kier molecular flexibility index (Phi) is 2.30. The summed E-state index contributed by atoms with van der Waals surface area (Å²) >= 11 is 0. The Hall–Kier alpha value is -1.31. The highest BCUT2D eigenvalue weighted by Gasteiger charge is 2.12. The van der Waals surface area contributed by atoms with Gasteiger partial charge in [-0.1, -0.05) is 12.6 Å². The average Bonchev–Trinajstić information content (AvgIpc) is 2.71. The van der Waals surface area contributed by atoms with Crippen molar-refractivity contribution in [3.05, 3.63) is 30.5 Å². The monoisotopic (exact) mass is 174 g/mol. The first-order chi connectivity index (χ1) is 6.40. The van der Waals surface area contributed by atoms with E-state index in [1.165, 1.54) is 12.8 Å². The molecular weight excluding hydrogens is 160 g/mol. The molecule has 68 valence electrons. The maximum atomic E-state index is 4.48. The minimum atomic E-state index is 0.962. The van der Waals surface area contributed by atoms with Gasteiger partial charge in [0.2, 0.25) is 0 Å². The third kappa shape index (κ3) is 1.72. The maximum Gasteiger partial charge on any atom is 0.129 e. The normalized spacial score (nSPS) is 16.2. The van der Waals surface area contributed by atoms with Crippen molar-refractivity contribution in [2.24, 2.45) is 0 Å². The van der Waals surface area contributed by atoms with Crippen LogP contribution >= 0.6 is 0 Å². The smallest absolute Gasteiger partial charge is 0.129 e. The molecule has 0 amide bonds. The second kappa shape index (κ2) is 3.60. The Morgan fingerprint density at radius 1 is 1.31 bits per heavy atom. The molecule has 0 atom stereocenters. The van der Waals surface area contributed by atoms with Crippen LogP contribution in [0.15, 0.2) is 24.8 Å². The molecule has 0 saturated carbocycles. The van der Waals surface area contributed by atoms with E-state index < -0.39 is 0 Å². The van der Waals surface area contributed by atoms with Crippen LogP contribution in [0.1, 0.15) is 18.5 Å². The largest absolute Gasteiger partial charge is 0.357 e. The predicted molar refractivity (Wildman–Crippen MR) is 55.8 cm³/mol. The van der Waals surface area contributed by atoms with Gasteiger partial charge in [0, 0.05) is 13.1 Å². The lowest BCUT2D eigenvalue weighted by Crippen LogP contribution is -2.18.